The maximum Gasteiger partial charge on any atom is 1.00 e. The molecule has 216 valence electrons. The van der Waals surface area contributed by atoms with Crippen molar-refractivity contribution in [2.75, 3.05) is 29.9 Å². The normalized spacial score (nSPS) is 18.0. The molecule has 3 aromatic rings. The minimum Gasteiger partial charge on any atom is -0.577 e. The Morgan fingerprint density at radius 3 is 3.00 bits per heavy atom. The van der Waals surface area contributed by atoms with Crippen LogP contribution in [0.2, 0.25) is 0 Å². The Morgan fingerprint density at radius 2 is 2.23 bits per heavy atom. The number of ketones is 1. The van der Waals surface area contributed by atoms with Gasteiger partial charge in [0, 0.05) is 42.9 Å². The van der Waals surface area contributed by atoms with Crippen molar-refractivity contribution >= 4 is 46.7 Å². The van der Waals surface area contributed by atoms with E-state index >= 15 is 0 Å². The van der Waals surface area contributed by atoms with E-state index in [1.54, 1.807) is 0 Å². The van der Waals surface area contributed by atoms with E-state index in [2.05, 4.69) is 38.0 Å². The second-order valence-electron chi connectivity index (χ2n) is 10.3. The van der Waals surface area contributed by atoms with Crippen molar-refractivity contribution < 1.29 is 33.1 Å². The summed E-state index contributed by atoms with van der Waals surface area (Å²) in [6, 6.07) is 7.55. The van der Waals surface area contributed by atoms with E-state index in [9.17, 15) is 4.79 Å². The van der Waals surface area contributed by atoms with Crippen LogP contribution < -0.4 is 38.6 Å². The second-order valence-corrected chi connectivity index (χ2v) is 10.3. The number of nitrogens with zero attached hydrogens (tertiary/aromatic N) is 6. The zero-order valence-electron chi connectivity index (χ0n) is 24.5. The van der Waals surface area contributed by atoms with E-state index in [1.807, 2.05) is 31.2 Å². The first kappa shape index (κ1) is 31.7. The molecular weight excluding hydrogens is 537 g/mol. The molecule has 5 rings (SSSR count). The number of benzene rings is 1. The number of rotatable bonds is 11. The molecule has 1 aromatic carbocycles. The predicted octanol–water partition coefficient (Wildman–Crippen LogP) is 2.64. The van der Waals surface area contributed by atoms with Crippen LogP contribution >= 0.6 is 0 Å². The summed E-state index contributed by atoms with van der Waals surface area (Å²) < 4.78 is 12.1. The van der Waals surface area contributed by atoms with E-state index in [1.165, 1.54) is 24.6 Å². The number of carbonyl (C=O) groups excluding carboxylic acids is 1. The van der Waals surface area contributed by atoms with Crippen molar-refractivity contribution in [2.24, 2.45) is 16.8 Å². The van der Waals surface area contributed by atoms with Gasteiger partial charge in [-0.25, -0.2) is 27.5 Å². The van der Waals surface area contributed by atoms with Crippen LogP contribution in [-0.2, 0) is 4.79 Å². The molecule has 0 spiro atoms. The number of allylic oxidation sites excluding steroid dienone is 3. The van der Waals surface area contributed by atoms with Gasteiger partial charge in [-0.05, 0) is 61.9 Å². The van der Waals surface area contributed by atoms with Crippen molar-refractivity contribution in [1.29, 1.82) is 0 Å². The van der Waals surface area contributed by atoms with Gasteiger partial charge in [0.1, 0.15) is 17.6 Å². The van der Waals surface area contributed by atoms with Crippen LogP contribution in [0.15, 0.2) is 66.2 Å². The third-order valence-corrected chi connectivity index (χ3v) is 7.59. The van der Waals surface area contributed by atoms with Crippen molar-refractivity contribution in [3.63, 3.8) is 0 Å². The maximum absolute atomic E-state index is 11.9. The minimum absolute atomic E-state index is 0. The molecule has 2 unspecified atom stereocenters. The number of aromatic nitrogens is 3. The Morgan fingerprint density at radius 1 is 1.37 bits per heavy atom. The Labute approximate surface area is 263 Å². The molecule has 2 bridgehead atoms. The molecule has 2 aromatic heterocycles. The molecule has 43 heavy (non-hydrogen) atoms. The van der Waals surface area contributed by atoms with Crippen LogP contribution in [-0.4, -0.2) is 53.0 Å². The third kappa shape index (κ3) is 7.58. The summed E-state index contributed by atoms with van der Waals surface area (Å²) in [4.78, 5) is 31.7. The fourth-order valence-corrected chi connectivity index (χ4v) is 5.42. The molecule has 0 radical (unpaired) electrons. The summed E-state index contributed by atoms with van der Waals surface area (Å²) in [6.45, 7) is 13.4. The van der Waals surface area contributed by atoms with E-state index < -0.39 is 0 Å². The topological polar surface area (TPSA) is 124 Å². The molecule has 0 aliphatic carbocycles. The van der Waals surface area contributed by atoms with Gasteiger partial charge < -0.3 is 30.1 Å². The first-order valence-corrected chi connectivity index (χ1v) is 13.9. The van der Waals surface area contributed by atoms with Crippen molar-refractivity contribution in [2.45, 2.75) is 32.6 Å². The Bertz CT molecular complexity index is 1570. The molecule has 1 saturated heterocycles. The predicted molar refractivity (Wildman–Crippen MR) is 165 cm³/mol. The van der Waals surface area contributed by atoms with Gasteiger partial charge in [0.2, 0.25) is 0 Å². The molecule has 0 amide bonds. The maximum atomic E-state index is 11.9. The number of fused-ring (bicyclic) bond motifs is 5. The van der Waals surface area contributed by atoms with E-state index in [0.717, 1.165) is 55.2 Å². The van der Waals surface area contributed by atoms with Crippen LogP contribution in [0.1, 0.15) is 31.2 Å². The number of hydrogen-bond donors (Lipinski definition) is 1. The van der Waals surface area contributed by atoms with Crippen molar-refractivity contribution in [3.8, 4) is 11.5 Å². The van der Waals surface area contributed by atoms with Gasteiger partial charge in [-0.15, -0.1) is 6.08 Å². The quantitative estimate of drug-likeness (QED) is 0.0711. The Balaban J connectivity index is 0.00000423. The molecule has 2 aliphatic heterocycles. The van der Waals surface area contributed by atoms with Crippen molar-refractivity contribution in [1.82, 2.24) is 15.0 Å². The molecule has 11 heteroatoms. The molecular formula is C32H32LiN7O3-2. The van der Waals surface area contributed by atoms with Gasteiger partial charge in [-0.2, -0.15) is 6.08 Å². The van der Waals surface area contributed by atoms with Crippen LogP contribution in [0.4, 0.5) is 17.3 Å². The number of anilines is 3. The number of nitrogens with one attached hydrogen (secondary N) is 1. The average Bonchev–Trinajstić information content (AvgIpc) is 3.31. The zero-order valence-corrected chi connectivity index (χ0v) is 24.5. The molecule has 0 saturated carbocycles. The van der Waals surface area contributed by atoms with Gasteiger partial charge >= 0.3 is 18.9 Å². The average molecular weight is 570 g/mol. The largest absolute Gasteiger partial charge is 1.00 e. The fraction of sp³-hybridized carbons (Fsp3) is 0.312. The van der Waals surface area contributed by atoms with Gasteiger partial charge in [0.05, 0.1) is 12.1 Å². The minimum atomic E-state index is 0. The van der Waals surface area contributed by atoms with Crippen molar-refractivity contribution in [3.05, 3.63) is 78.7 Å². The SMILES string of the molecule is [CH-]=C/C(=C\[C-]=NC=[N-])Oc1ccc(Nc2ncnc3cc4c(nc23)N2CCCC(CCC(=O)C=C)C(CO4)C2)cc1C.[Li+]. The molecule has 10 nitrogen and oxygen atoms in total. The summed E-state index contributed by atoms with van der Waals surface area (Å²) in [6.07, 6.45) is 12.2. The Kier molecular flexibility index (Phi) is 10.9. The van der Waals surface area contributed by atoms with Crippen LogP contribution in [0, 0.1) is 25.3 Å². The molecule has 2 aliphatic rings. The number of aryl methyl sites for hydroxylation is 1. The smallest absolute Gasteiger partial charge is 0.577 e. The fourth-order valence-electron chi connectivity index (χ4n) is 5.42. The molecule has 4 heterocycles. The van der Waals surface area contributed by atoms with Gasteiger partial charge in [-0.3, -0.25) is 11.4 Å². The molecule has 1 fully saturated rings. The van der Waals surface area contributed by atoms with Gasteiger partial charge in [0.15, 0.2) is 23.2 Å². The first-order valence-electron chi connectivity index (χ1n) is 13.9. The monoisotopic (exact) mass is 569 g/mol. The summed E-state index contributed by atoms with van der Waals surface area (Å²) in [5.41, 5.74) is 2.97. The zero-order chi connectivity index (χ0) is 29.5. The number of pyridine rings is 1. The first-order chi connectivity index (χ1) is 20.5. The summed E-state index contributed by atoms with van der Waals surface area (Å²) in [5, 5.41) is 12.0. The van der Waals surface area contributed by atoms with Gasteiger partial charge in [-0.1, -0.05) is 6.58 Å². The number of ether oxygens (including phenoxy) is 2. The van der Waals surface area contributed by atoms with E-state index in [-0.39, 0.29) is 24.6 Å². The van der Waals surface area contributed by atoms with Crippen LogP contribution in [0.5, 0.6) is 11.5 Å². The number of aliphatic imine (C=N–C) groups is 1. The Hall–Kier alpha value is -4.26. The number of hydrogen-bond acceptors (Lipinski definition) is 8. The van der Waals surface area contributed by atoms with Gasteiger partial charge in [0.25, 0.3) is 0 Å². The third-order valence-electron chi connectivity index (χ3n) is 7.59. The van der Waals surface area contributed by atoms with Crippen LogP contribution in [0.3, 0.4) is 0 Å². The summed E-state index contributed by atoms with van der Waals surface area (Å²) in [5.74, 6) is 3.82. The van der Waals surface area contributed by atoms with Crippen LogP contribution in [0.25, 0.3) is 16.4 Å². The van der Waals surface area contributed by atoms with E-state index in [0.29, 0.717) is 59.6 Å². The molecule has 1 N–H and O–H groups in total. The number of carbonyl (C=O) groups is 1. The van der Waals surface area contributed by atoms with E-state index in [4.69, 9.17) is 26.4 Å². The summed E-state index contributed by atoms with van der Waals surface area (Å²) >= 11 is 0. The summed E-state index contributed by atoms with van der Waals surface area (Å²) in [7, 11) is 0. The second kappa shape index (κ2) is 14.8. The molecule has 2 atom stereocenters. The standard InChI is InChI=1S/C32H32N7O3.Li/c1-4-25(40)10-8-22-7-6-14-39-17-23(22)18-41-29-16-27-30(38-32(29)39)31(36-20-35-27)37-24-9-11-28(21(3)15-24)42-26(5-2)12-13-34-19-33;/h2,4-5,9,11-12,15-16,19-20,22-23H,1,6-8,10,14,17-18H2,3H3,(H,35,36,37);/q-3;+1/b26-12+;.